The molecule has 0 unspecified atom stereocenters. The van der Waals surface area contributed by atoms with Crippen LogP contribution in [0.15, 0.2) is 46.2 Å². The number of benzene rings is 1. The third-order valence-corrected chi connectivity index (χ3v) is 5.42. The minimum absolute atomic E-state index is 0.0109. The van der Waals surface area contributed by atoms with Crippen LogP contribution in [0.4, 0.5) is 0 Å². The smallest absolute Gasteiger partial charge is 0.229 e. The summed E-state index contributed by atoms with van der Waals surface area (Å²) in [5, 5.41) is 5.25. The van der Waals surface area contributed by atoms with Gasteiger partial charge in [-0.15, -0.1) is 11.3 Å². The summed E-state index contributed by atoms with van der Waals surface area (Å²) in [6.07, 6.45) is 2.18. The molecule has 0 aliphatic carbocycles. The van der Waals surface area contributed by atoms with Crippen LogP contribution >= 0.6 is 11.3 Å². The summed E-state index contributed by atoms with van der Waals surface area (Å²) in [5.41, 5.74) is 1.53. The molecule has 6 heteroatoms. The highest BCUT2D eigenvalue weighted by molar-refractivity contribution is 7.09. The summed E-state index contributed by atoms with van der Waals surface area (Å²) in [5.74, 6) is 0.470. The number of hydrogen-bond acceptors (Lipinski definition) is 5. The first-order chi connectivity index (χ1) is 12.3. The molecule has 1 amide bonds. The summed E-state index contributed by atoms with van der Waals surface area (Å²) in [7, 11) is 0. The van der Waals surface area contributed by atoms with E-state index in [1.54, 1.807) is 11.3 Å². The molecule has 1 aliphatic heterocycles. The first-order valence-corrected chi connectivity index (χ1v) is 9.53. The van der Waals surface area contributed by atoms with Gasteiger partial charge in [0, 0.05) is 30.6 Å². The Bertz CT molecular complexity index is 802. The van der Waals surface area contributed by atoms with E-state index in [1.807, 2.05) is 24.3 Å². The summed E-state index contributed by atoms with van der Waals surface area (Å²) in [6.45, 7) is 3.05. The van der Waals surface area contributed by atoms with Gasteiger partial charge in [0.1, 0.15) is 11.9 Å². The topological polar surface area (TPSA) is 58.4 Å². The number of aromatic nitrogens is 1. The average molecular weight is 355 g/mol. The SMILES string of the molecule is O=C(Cc1nc2ccccc2o1)NC1CCN(Cc2cccs2)CC1. The highest BCUT2D eigenvalue weighted by Crippen LogP contribution is 2.18. The van der Waals surface area contributed by atoms with E-state index in [1.165, 1.54) is 4.88 Å². The van der Waals surface area contributed by atoms with Crippen LogP contribution in [0.2, 0.25) is 0 Å². The molecule has 130 valence electrons. The van der Waals surface area contributed by atoms with Crippen molar-refractivity contribution in [1.82, 2.24) is 15.2 Å². The average Bonchev–Trinajstić information content (AvgIpc) is 3.25. The molecule has 1 aliphatic rings. The van der Waals surface area contributed by atoms with Crippen LogP contribution in [0.5, 0.6) is 0 Å². The maximum absolute atomic E-state index is 12.3. The molecule has 1 N–H and O–H groups in total. The Kier molecular flexibility index (Phi) is 4.81. The molecule has 5 nitrogen and oxygen atoms in total. The van der Waals surface area contributed by atoms with E-state index in [4.69, 9.17) is 4.42 Å². The number of nitrogens with zero attached hydrogens (tertiary/aromatic N) is 2. The Morgan fingerprint density at radius 1 is 1.24 bits per heavy atom. The van der Waals surface area contributed by atoms with E-state index in [2.05, 4.69) is 32.7 Å². The standard InChI is InChI=1S/C19H21N3O2S/c23-18(12-19-21-16-5-1-2-6-17(16)24-19)20-14-7-9-22(10-8-14)13-15-4-3-11-25-15/h1-6,11,14H,7-10,12-13H2,(H,20,23). The van der Waals surface area contributed by atoms with Crippen LogP contribution in [0, 0.1) is 0 Å². The Morgan fingerprint density at radius 3 is 2.84 bits per heavy atom. The van der Waals surface area contributed by atoms with Crippen molar-refractivity contribution in [2.45, 2.75) is 31.8 Å². The first-order valence-electron chi connectivity index (χ1n) is 8.65. The number of rotatable bonds is 5. The molecule has 3 aromatic rings. The number of para-hydroxylation sites is 2. The summed E-state index contributed by atoms with van der Waals surface area (Å²) in [4.78, 5) is 20.5. The number of thiophene rings is 1. The van der Waals surface area contributed by atoms with E-state index in [0.717, 1.165) is 43.6 Å². The fraction of sp³-hybridized carbons (Fsp3) is 0.368. The first kappa shape index (κ1) is 16.3. The quantitative estimate of drug-likeness (QED) is 0.763. The van der Waals surface area contributed by atoms with E-state index >= 15 is 0 Å². The van der Waals surface area contributed by atoms with Crippen molar-refractivity contribution in [3.63, 3.8) is 0 Å². The van der Waals surface area contributed by atoms with Crippen molar-refractivity contribution in [3.8, 4) is 0 Å². The normalized spacial score (nSPS) is 16.3. The van der Waals surface area contributed by atoms with Gasteiger partial charge in [-0.3, -0.25) is 9.69 Å². The lowest BCUT2D eigenvalue weighted by molar-refractivity contribution is -0.121. The van der Waals surface area contributed by atoms with E-state index < -0.39 is 0 Å². The van der Waals surface area contributed by atoms with E-state index in [9.17, 15) is 4.79 Å². The molecule has 4 rings (SSSR count). The molecule has 1 saturated heterocycles. The summed E-state index contributed by atoms with van der Waals surface area (Å²) < 4.78 is 5.62. The van der Waals surface area contributed by atoms with Crippen molar-refractivity contribution in [2.75, 3.05) is 13.1 Å². The maximum atomic E-state index is 12.3. The highest BCUT2D eigenvalue weighted by atomic mass is 32.1. The molecule has 2 aromatic heterocycles. The second-order valence-corrected chi connectivity index (χ2v) is 7.48. The number of oxazole rings is 1. The van der Waals surface area contributed by atoms with Gasteiger partial charge in [-0.25, -0.2) is 4.98 Å². The van der Waals surface area contributed by atoms with Gasteiger partial charge in [-0.1, -0.05) is 18.2 Å². The van der Waals surface area contributed by atoms with Gasteiger partial charge in [0.2, 0.25) is 11.8 Å². The molecule has 0 atom stereocenters. The van der Waals surface area contributed by atoms with Gasteiger partial charge in [0.25, 0.3) is 0 Å². The summed E-state index contributed by atoms with van der Waals surface area (Å²) >= 11 is 1.80. The minimum atomic E-state index is -0.0109. The molecule has 0 bridgehead atoms. The fourth-order valence-electron chi connectivity index (χ4n) is 3.27. The molecule has 0 spiro atoms. The molecular weight excluding hydrogens is 334 g/mol. The number of piperidine rings is 1. The lowest BCUT2D eigenvalue weighted by Crippen LogP contribution is -2.44. The minimum Gasteiger partial charge on any atom is -0.440 e. The van der Waals surface area contributed by atoms with E-state index in [-0.39, 0.29) is 18.4 Å². The second-order valence-electron chi connectivity index (χ2n) is 6.45. The Hall–Kier alpha value is -2.18. The molecule has 3 heterocycles. The number of carbonyl (C=O) groups is 1. The number of likely N-dealkylation sites (tertiary alicyclic amines) is 1. The zero-order chi connectivity index (χ0) is 17.1. The lowest BCUT2D eigenvalue weighted by atomic mass is 10.0. The predicted molar refractivity (Wildman–Crippen MR) is 98.5 cm³/mol. The number of nitrogens with one attached hydrogen (secondary N) is 1. The van der Waals surface area contributed by atoms with Gasteiger partial charge >= 0.3 is 0 Å². The molecule has 1 fully saturated rings. The van der Waals surface area contributed by atoms with Crippen LogP contribution in [0.1, 0.15) is 23.6 Å². The largest absolute Gasteiger partial charge is 0.440 e. The zero-order valence-corrected chi connectivity index (χ0v) is 14.8. The third-order valence-electron chi connectivity index (χ3n) is 4.56. The van der Waals surface area contributed by atoms with Crippen molar-refractivity contribution >= 4 is 28.3 Å². The second kappa shape index (κ2) is 7.37. The predicted octanol–water partition coefficient (Wildman–Crippen LogP) is 3.21. The molecular formula is C19H21N3O2S. The number of carbonyl (C=O) groups excluding carboxylic acids is 1. The van der Waals surface area contributed by atoms with Crippen molar-refractivity contribution in [3.05, 3.63) is 52.5 Å². The number of hydrogen-bond donors (Lipinski definition) is 1. The third kappa shape index (κ3) is 4.08. The zero-order valence-electron chi connectivity index (χ0n) is 14.0. The van der Waals surface area contributed by atoms with Crippen molar-refractivity contribution < 1.29 is 9.21 Å². The lowest BCUT2D eigenvalue weighted by Gasteiger charge is -2.32. The van der Waals surface area contributed by atoms with Gasteiger partial charge in [-0.2, -0.15) is 0 Å². The van der Waals surface area contributed by atoms with Gasteiger partial charge < -0.3 is 9.73 Å². The molecule has 25 heavy (non-hydrogen) atoms. The van der Waals surface area contributed by atoms with Crippen LogP contribution in [-0.4, -0.2) is 34.9 Å². The Morgan fingerprint density at radius 2 is 2.08 bits per heavy atom. The van der Waals surface area contributed by atoms with Crippen molar-refractivity contribution in [1.29, 1.82) is 0 Å². The Balaban J connectivity index is 1.26. The van der Waals surface area contributed by atoms with Crippen LogP contribution in [0.3, 0.4) is 0 Å². The van der Waals surface area contributed by atoms with Gasteiger partial charge in [0.15, 0.2) is 5.58 Å². The van der Waals surface area contributed by atoms with Crippen molar-refractivity contribution in [2.24, 2.45) is 0 Å². The van der Waals surface area contributed by atoms with Gasteiger partial charge in [-0.05, 0) is 36.4 Å². The highest BCUT2D eigenvalue weighted by Gasteiger charge is 2.21. The summed E-state index contributed by atoms with van der Waals surface area (Å²) in [6, 6.07) is 12.1. The van der Waals surface area contributed by atoms with Crippen LogP contribution in [-0.2, 0) is 17.8 Å². The monoisotopic (exact) mass is 355 g/mol. The van der Waals surface area contributed by atoms with Gasteiger partial charge in [0.05, 0.1) is 0 Å². The van der Waals surface area contributed by atoms with E-state index in [0.29, 0.717) is 5.89 Å². The molecule has 0 radical (unpaired) electrons. The fourth-order valence-corrected chi connectivity index (χ4v) is 4.02. The van der Waals surface area contributed by atoms with Crippen LogP contribution < -0.4 is 5.32 Å². The molecule has 0 saturated carbocycles. The maximum Gasteiger partial charge on any atom is 0.229 e. The Labute approximate surface area is 150 Å². The number of fused-ring (bicyclic) bond motifs is 1. The number of amides is 1. The molecule has 1 aromatic carbocycles. The van der Waals surface area contributed by atoms with Crippen LogP contribution in [0.25, 0.3) is 11.1 Å².